The lowest BCUT2D eigenvalue weighted by molar-refractivity contribution is -0.141. The number of amides is 2. The highest BCUT2D eigenvalue weighted by molar-refractivity contribution is 5.95. The van der Waals surface area contributed by atoms with Gasteiger partial charge in [0.2, 0.25) is 5.91 Å². The van der Waals surface area contributed by atoms with Gasteiger partial charge in [0.15, 0.2) is 5.69 Å². The lowest BCUT2D eigenvalue weighted by Gasteiger charge is -2.21. The van der Waals surface area contributed by atoms with Gasteiger partial charge in [-0.15, -0.1) is 0 Å². The van der Waals surface area contributed by atoms with E-state index < -0.39 is 29.6 Å². The van der Waals surface area contributed by atoms with Gasteiger partial charge in [-0.05, 0) is 42.3 Å². The molecule has 0 aliphatic rings. The summed E-state index contributed by atoms with van der Waals surface area (Å²) in [5.74, 6) is -1.17. The van der Waals surface area contributed by atoms with Gasteiger partial charge < -0.3 is 24.8 Å². The van der Waals surface area contributed by atoms with E-state index in [1.807, 2.05) is 13.8 Å². The standard InChI is InChI=1S/C27H31FN4O6/c1-16(2)19(14-24(33)29-15-25(34)38-5)30-27(35)20-13-21(26-22(36-3)10-7-11-23(26)37-4)32(31-20)18-9-6-8-17(28)12-18/h6-13,16,19H,14-15H2,1-5H3,(H,29,33)(H,30,35). The first kappa shape index (κ1) is 28.2. The zero-order valence-electron chi connectivity index (χ0n) is 21.9. The SMILES string of the molecule is COC(=O)CNC(=O)CC(NC(=O)c1cc(-c2c(OC)cccc2OC)n(-c2cccc(F)c2)n1)C(C)C. The predicted octanol–water partition coefficient (Wildman–Crippen LogP) is 3.13. The normalized spacial score (nSPS) is 11.6. The second-order valence-corrected chi connectivity index (χ2v) is 8.72. The van der Waals surface area contributed by atoms with Crippen LogP contribution in [0, 0.1) is 11.7 Å². The molecule has 0 radical (unpaired) electrons. The number of rotatable bonds is 11. The van der Waals surface area contributed by atoms with Crippen LogP contribution in [0.4, 0.5) is 4.39 Å². The summed E-state index contributed by atoms with van der Waals surface area (Å²) in [4.78, 5) is 37.0. The highest BCUT2D eigenvalue weighted by Gasteiger charge is 2.26. The molecule has 0 aliphatic carbocycles. The molecular formula is C27H31FN4O6. The number of nitrogens with zero attached hydrogens (tertiary/aromatic N) is 2. The lowest BCUT2D eigenvalue weighted by atomic mass is 10.00. The summed E-state index contributed by atoms with van der Waals surface area (Å²) in [6, 6.07) is 12.0. The number of benzene rings is 2. The number of hydrogen-bond acceptors (Lipinski definition) is 7. The highest BCUT2D eigenvalue weighted by atomic mass is 19.1. The Labute approximate surface area is 220 Å². The Kier molecular flexibility index (Phi) is 9.42. The van der Waals surface area contributed by atoms with Crippen LogP contribution in [0.1, 0.15) is 30.8 Å². The Bertz CT molecular complexity index is 1280. The maximum Gasteiger partial charge on any atom is 0.325 e. The molecule has 38 heavy (non-hydrogen) atoms. The number of hydrogen-bond donors (Lipinski definition) is 2. The third-order valence-electron chi connectivity index (χ3n) is 5.86. The quantitative estimate of drug-likeness (QED) is 0.368. The summed E-state index contributed by atoms with van der Waals surface area (Å²) in [6.07, 6.45) is -0.0573. The van der Waals surface area contributed by atoms with E-state index in [0.717, 1.165) is 0 Å². The first-order valence-electron chi connectivity index (χ1n) is 11.9. The van der Waals surface area contributed by atoms with Crippen LogP contribution in [0.15, 0.2) is 48.5 Å². The molecule has 1 heterocycles. The zero-order valence-corrected chi connectivity index (χ0v) is 21.9. The van der Waals surface area contributed by atoms with Crippen molar-refractivity contribution in [2.75, 3.05) is 27.9 Å². The van der Waals surface area contributed by atoms with Crippen LogP contribution in [-0.2, 0) is 14.3 Å². The third kappa shape index (κ3) is 6.67. The molecule has 3 rings (SSSR count). The number of aromatic nitrogens is 2. The number of esters is 1. The Hall–Kier alpha value is -4.41. The molecule has 0 saturated heterocycles. The molecule has 1 unspecified atom stereocenters. The predicted molar refractivity (Wildman–Crippen MR) is 138 cm³/mol. The van der Waals surface area contributed by atoms with E-state index in [0.29, 0.717) is 28.4 Å². The van der Waals surface area contributed by atoms with Crippen LogP contribution in [0.3, 0.4) is 0 Å². The fourth-order valence-electron chi connectivity index (χ4n) is 3.79. The number of methoxy groups -OCH3 is 3. The Morgan fingerprint density at radius 3 is 2.24 bits per heavy atom. The molecule has 202 valence electrons. The van der Waals surface area contributed by atoms with Crippen molar-refractivity contribution in [1.29, 1.82) is 0 Å². The van der Waals surface area contributed by atoms with Crippen molar-refractivity contribution in [3.8, 4) is 28.4 Å². The molecule has 0 aliphatic heterocycles. The number of ether oxygens (including phenoxy) is 3. The molecule has 0 bridgehead atoms. The fourth-order valence-corrected chi connectivity index (χ4v) is 3.79. The maximum absolute atomic E-state index is 14.1. The van der Waals surface area contributed by atoms with Crippen LogP contribution in [0.2, 0.25) is 0 Å². The Morgan fingerprint density at radius 2 is 1.66 bits per heavy atom. The molecule has 2 aromatic carbocycles. The van der Waals surface area contributed by atoms with Crippen LogP contribution in [0.25, 0.3) is 16.9 Å². The average molecular weight is 527 g/mol. The van der Waals surface area contributed by atoms with Crippen LogP contribution in [-0.4, -0.2) is 61.5 Å². The average Bonchev–Trinajstić information content (AvgIpc) is 3.36. The fraction of sp³-hybridized carbons (Fsp3) is 0.333. The topological polar surface area (TPSA) is 121 Å². The summed E-state index contributed by atoms with van der Waals surface area (Å²) in [5, 5.41) is 9.80. The van der Waals surface area contributed by atoms with E-state index in [9.17, 15) is 18.8 Å². The lowest BCUT2D eigenvalue weighted by Crippen LogP contribution is -2.43. The smallest absolute Gasteiger partial charge is 0.325 e. The minimum absolute atomic E-state index is 0.0397. The summed E-state index contributed by atoms with van der Waals surface area (Å²) in [6.45, 7) is 3.44. The van der Waals surface area contributed by atoms with E-state index >= 15 is 0 Å². The van der Waals surface area contributed by atoms with Crippen molar-refractivity contribution < 1.29 is 33.0 Å². The number of halogens is 1. The van der Waals surface area contributed by atoms with Gasteiger partial charge in [-0.2, -0.15) is 5.10 Å². The van der Waals surface area contributed by atoms with Gasteiger partial charge in [0, 0.05) is 12.5 Å². The number of nitrogens with one attached hydrogen (secondary N) is 2. The largest absolute Gasteiger partial charge is 0.496 e. The van der Waals surface area contributed by atoms with E-state index in [4.69, 9.17) is 9.47 Å². The molecule has 10 nitrogen and oxygen atoms in total. The van der Waals surface area contributed by atoms with Crippen molar-refractivity contribution in [3.05, 3.63) is 60.0 Å². The minimum atomic E-state index is -0.578. The first-order chi connectivity index (χ1) is 18.2. The van der Waals surface area contributed by atoms with Crippen molar-refractivity contribution in [2.24, 2.45) is 5.92 Å². The van der Waals surface area contributed by atoms with E-state index in [1.54, 1.807) is 30.3 Å². The molecule has 1 aromatic heterocycles. The maximum atomic E-state index is 14.1. The van der Waals surface area contributed by atoms with E-state index in [2.05, 4.69) is 20.5 Å². The van der Waals surface area contributed by atoms with Crippen LogP contribution in [0.5, 0.6) is 11.5 Å². The summed E-state index contributed by atoms with van der Waals surface area (Å²) >= 11 is 0. The molecule has 1 atom stereocenters. The monoisotopic (exact) mass is 526 g/mol. The van der Waals surface area contributed by atoms with E-state index in [-0.39, 0.29) is 24.6 Å². The molecular weight excluding hydrogens is 495 g/mol. The molecule has 11 heteroatoms. The molecule has 2 amide bonds. The molecule has 3 aromatic rings. The molecule has 0 spiro atoms. The molecule has 0 fully saturated rings. The second kappa shape index (κ2) is 12.7. The van der Waals surface area contributed by atoms with Gasteiger partial charge in [-0.1, -0.05) is 26.0 Å². The van der Waals surface area contributed by atoms with Crippen molar-refractivity contribution in [3.63, 3.8) is 0 Å². The van der Waals surface area contributed by atoms with Gasteiger partial charge in [0.1, 0.15) is 23.9 Å². The number of carbonyl (C=O) groups is 3. The minimum Gasteiger partial charge on any atom is -0.496 e. The summed E-state index contributed by atoms with van der Waals surface area (Å²) in [5.41, 5.74) is 1.38. The van der Waals surface area contributed by atoms with Crippen molar-refractivity contribution in [1.82, 2.24) is 20.4 Å². The van der Waals surface area contributed by atoms with Crippen LogP contribution < -0.4 is 20.1 Å². The highest BCUT2D eigenvalue weighted by Crippen LogP contribution is 2.39. The Balaban J connectivity index is 1.98. The van der Waals surface area contributed by atoms with Crippen LogP contribution >= 0.6 is 0 Å². The van der Waals surface area contributed by atoms with Crippen molar-refractivity contribution in [2.45, 2.75) is 26.3 Å². The van der Waals surface area contributed by atoms with Gasteiger partial charge >= 0.3 is 5.97 Å². The summed E-state index contributed by atoms with van der Waals surface area (Å²) < 4.78 is 31.2. The molecule has 2 N–H and O–H groups in total. The van der Waals surface area contributed by atoms with Gasteiger partial charge in [0.25, 0.3) is 5.91 Å². The Morgan fingerprint density at radius 1 is 1.00 bits per heavy atom. The van der Waals surface area contributed by atoms with Gasteiger partial charge in [-0.25, -0.2) is 9.07 Å². The zero-order chi connectivity index (χ0) is 27.8. The van der Waals surface area contributed by atoms with Gasteiger partial charge in [0.05, 0.1) is 38.3 Å². The third-order valence-corrected chi connectivity index (χ3v) is 5.86. The second-order valence-electron chi connectivity index (χ2n) is 8.72. The van der Waals surface area contributed by atoms with E-state index in [1.165, 1.54) is 44.2 Å². The molecule has 0 saturated carbocycles. The summed E-state index contributed by atoms with van der Waals surface area (Å²) in [7, 11) is 4.24. The number of carbonyl (C=O) groups excluding carboxylic acids is 3. The first-order valence-corrected chi connectivity index (χ1v) is 11.9. The van der Waals surface area contributed by atoms with Crippen molar-refractivity contribution >= 4 is 17.8 Å². The van der Waals surface area contributed by atoms with Gasteiger partial charge in [-0.3, -0.25) is 14.4 Å².